The minimum atomic E-state index is -0.725. The number of unbranched alkanes of at least 4 members (excludes halogenated alkanes) is 1. The molecule has 2 atom stereocenters. The van der Waals surface area contributed by atoms with E-state index in [0.29, 0.717) is 6.54 Å². The average Bonchev–Trinajstić information content (AvgIpc) is 2.38. The quantitative estimate of drug-likeness (QED) is 0.619. The van der Waals surface area contributed by atoms with Gasteiger partial charge in [0.15, 0.2) is 0 Å². The Balaban J connectivity index is 2.48. The topological polar surface area (TPSA) is 49.8 Å². The first-order valence-electron chi connectivity index (χ1n) is 7.80. The number of likely N-dealkylation sites (tertiary alicyclic amines) is 1. The van der Waals surface area contributed by atoms with Crippen molar-refractivity contribution in [3.05, 3.63) is 24.8 Å². The van der Waals surface area contributed by atoms with Crippen molar-refractivity contribution in [2.45, 2.75) is 64.7 Å². The molecule has 1 N–H and O–H groups in total. The number of ether oxygens (including phenoxy) is 1. The molecule has 0 radical (unpaired) electrons. The summed E-state index contributed by atoms with van der Waals surface area (Å²) in [4.78, 5) is 13.6. The molecule has 1 aliphatic heterocycles. The Morgan fingerprint density at radius 3 is 2.81 bits per heavy atom. The number of hydrogen-bond donors (Lipinski definition) is 1. The number of allylic oxidation sites excluding steroid dienone is 3. The van der Waals surface area contributed by atoms with Crippen LogP contribution >= 0.6 is 0 Å². The molecule has 0 spiro atoms. The van der Waals surface area contributed by atoms with Crippen molar-refractivity contribution in [2.24, 2.45) is 5.92 Å². The largest absolute Gasteiger partial charge is 0.444 e. The van der Waals surface area contributed by atoms with Crippen LogP contribution in [0.5, 0.6) is 0 Å². The van der Waals surface area contributed by atoms with Crippen LogP contribution in [0.15, 0.2) is 24.8 Å². The van der Waals surface area contributed by atoms with E-state index in [2.05, 4.69) is 12.7 Å². The lowest BCUT2D eigenvalue weighted by molar-refractivity contribution is -0.0748. The second-order valence-corrected chi connectivity index (χ2v) is 6.58. The van der Waals surface area contributed by atoms with Gasteiger partial charge in [0.1, 0.15) is 11.8 Å². The molecule has 1 amide bonds. The Morgan fingerprint density at radius 1 is 1.48 bits per heavy atom. The first kappa shape index (κ1) is 17.8. The maximum Gasteiger partial charge on any atom is 0.412 e. The van der Waals surface area contributed by atoms with E-state index < -0.39 is 17.9 Å². The maximum absolute atomic E-state index is 12.1. The lowest BCUT2D eigenvalue weighted by Gasteiger charge is -2.38. The molecule has 1 fully saturated rings. The highest BCUT2D eigenvalue weighted by atomic mass is 16.6. The van der Waals surface area contributed by atoms with Gasteiger partial charge in [-0.2, -0.15) is 0 Å². The fourth-order valence-electron chi connectivity index (χ4n) is 2.56. The molecule has 0 aromatic heterocycles. The smallest absolute Gasteiger partial charge is 0.412 e. The van der Waals surface area contributed by atoms with Crippen LogP contribution in [0, 0.1) is 5.92 Å². The fourth-order valence-corrected chi connectivity index (χ4v) is 2.56. The summed E-state index contributed by atoms with van der Waals surface area (Å²) in [5.74, 6) is 0.142. The first-order valence-corrected chi connectivity index (χ1v) is 7.80. The SMILES string of the molecule is C=C/C=C/CCCC1CCCN(C(=O)OC(C)(C)C)C1O. The molecule has 4 nitrogen and oxygen atoms in total. The second-order valence-electron chi connectivity index (χ2n) is 6.58. The van der Waals surface area contributed by atoms with E-state index in [1.165, 1.54) is 4.90 Å². The van der Waals surface area contributed by atoms with Crippen molar-refractivity contribution >= 4 is 6.09 Å². The Labute approximate surface area is 128 Å². The van der Waals surface area contributed by atoms with E-state index in [4.69, 9.17) is 4.74 Å². The van der Waals surface area contributed by atoms with E-state index in [1.807, 2.05) is 26.8 Å². The molecule has 4 heteroatoms. The molecule has 1 aliphatic rings. The van der Waals surface area contributed by atoms with Crippen molar-refractivity contribution in [1.29, 1.82) is 0 Å². The van der Waals surface area contributed by atoms with Gasteiger partial charge in [0.2, 0.25) is 0 Å². The van der Waals surface area contributed by atoms with Crippen molar-refractivity contribution in [1.82, 2.24) is 4.90 Å². The lowest BCUT2D eigenvalue weighted by atomic mass is 9.91. The average molecular weight is 295 g/mol. The third kappa shape index (κ3) is 6.34. The summed E-state index contributed by atoms with van der Waals surface area (Å²) in [5, 5.41) is 10.4. The molecule has 120 valence electrons. The van der Waals surface area contributed by atoms with Gasteiger partial charge in [-0.3, -0.25) is 4.90 Å². The van der Waals surface area contributed by atoms with Crippen LogP contribution in [0.25, 0.3) is 0 Å². The highest BCUT2D eigenvalue weighted by molar-refractivity contribution is 5.68. The molecular weight excluding hydrogens is 266 g/mol. The zero-order chi connectivity index (χ0) is 15.9. The van der Waals surface area contributed by atoms with E-state index >= 15 is 0 Å². The van der Waals surface area contributed by atoms with E-state index in [1.54, 1.807) is 6.08 Å². The second kappa shape index (κ2) is 8.23. The summed E-state index contributed by atoms with van der Waals surface area (Å²) in [6.45, 7) is 9.72. The molecule has 0 saturated carbocycles. The number of aliphatic hydroxyl groups is 1. The summed E-state index contributed by atoms with van der Waals surface area (Å²) >= 11 is 0. The van der Waals surface area contributed by atoms with Gasteiger partial charge in [-0.1, -0.05) is 24.8 Å². The van der Waals surface area contributed by atoms with Crippen LogP contribution in [-0.2, 0) is 4.74 Å². The highest BCUT2D eigenvalue weighted by Gasteiger charge is 2.34. The molecule has 0 aliphatic carbocycles. The number of piperidine rings is 1. The number of aliphatic hydroxyl groups excluding tert-OH is 1. The molecule has 21 heavy (non-hydrogen) atoms. The predicted octanol–water partition coefficient (Wildman–Crippen LogP) is 3.86. The van der Waals surface area contributed by atoms with Crippen LogP contribution < -0.4 is 0 Å². The predicted molar refractivity (Wildman–Crippen MR) is 84.9 cm³/mol. The Morgan fingerprint density at radius 2 is 2.19 bits per heavy atom. The zero-order valence-corrected chi connectivity index (χ0v) is 13.5. The molecule has 0 aromatic rings. The fraction of sp³-hybridized carbons (Fsp3) is 0.706. The van der Waals surface area contributed by atoms with Crippen LogP contribution in [0.4, 0.5) is 4.79 Å². The summed E-state index contributed by atoms with van der Waals surface area (Å²) in [6, 6.07) is 0. The van der Waals surface area contributed by atoms with Crippen molar-refractivity contribution in [3.63, 3.8) is 0 Å². The van der Waals surface area contributed by atoms with Crippen LogP contribution in [0.1, 0.15) is 52.9 Å². The van der Waals surface area contributed by atoms with Gasteiger partial charge in [-0.25, -0.2) is 4.79 Å². The highest BCUT2D eigenvalue weighted by Crippen LogP contribution is 2.28. The first-order chi connectivity index (χ1) is 9.85. The number of hydrogen-bond acceptors (Lipinski definition) is 3. The Bertz CT molecular complexity index is 371. The van der Waals surface area contributed by atoms with Crippen molar-refractivity contribution < 1.29 is 14.6 Å². The number of amides is 1. The van der Waals surface area contributed by atoms with E-state index in [0.717, 1.165) is 32.1 Å². The number of nitrogens with zero attached hydrogens (tertiary/aromatic N) is 1. The monoisotopic (exact) mass is 295 g/mol. The number of carbonyl (C=O) groups excluding carboxylic acids is 1. The summed E-state index contributed by atoms with van der Waals surface area (Å²) in [6.07, 6.45) is 9.42. The Kier molecular flexibility index (Phi) is 6.96. The zero-order valence-electron chi connectivity index (χ0n) is 13.5. The number of rotatable bonds is 5. The van der Waals surface area contributed by atoms with Gasteiger partial charge in [-0.15, -0.1) is 0 Å². The molecule has 1 saturated heterocycles. The molecule has 2 unspecified atom stereocenters. The van der Waals surface area contributed by atoms with Crippen LogP contribution in [0.3, 0.4) is 0 Å². The van der Waals surface area contributed by atoms with Gasteiger partial charge >= 0.3 is 6.09 Å². The van der Waals surface area contributed by atoms with Gasteiger partial charge in [0.25, 0.3) is 0 Å². The summed E-state index contributed by atoms with van der Waals surface area (Å²) < 4.78 is 5.36. The summed E-state index contributed by atoms with van der Waals surface area (Å²) in [7, 11) is 0. The van der Waals surface area contributed by atoms with Gasteiger partial charge < -0.3 is 9.84 Å². The van der Waals surface area contributed by atoms with Gasteiger partial charge in [-0.05, 0) is 52.9 Å². The molecule has 0 bridgehead atoms. The van der Waals surface area contributed by atoms with Crippen molar-refractivity contribution in [3.8, 4) is 0 Å². The van der Waals surface area contributed by atoms with E-state index in [-0.39, 0.29) is 5.92 Å². The van der Waals surface area contributed by atoms with Crippen LogP contribution in [0.2, 0.25) is 0 Å². The summed E-state index contributed by atoms with van der Waals surface area (Å²) in [5.41, 5.74) is -0.529. The molecule has 1 heterocycles. The standard InChI is InChI=1S/C17H29NO3/c1-5-6-7-8-9-11-14-12-10-13-18(15(14)19)16(20)21-17(2,3)4/h5-7,14-15,19H,1,8-13H2,2-4H3/b7-6+. The molecule has 1 rings (SSSR count). The Hall–Kier alpha value is -1.29. The van der Waals surface area contributed by atoms with Gasteiger partial charge in [0, 0.05) is 12.5 Å². The van der Waals surface area contributed by atoms with Crippen molar-refractivity contribution in [2.75, 3.05) is 6.54 Å². The third-order valence-corrected chi connectivity index (χ3v) is 3.56. The minimum Gasteiger partial charge on any atom is -0.444 e. The molecular formula is C17H29NO3. The lowest BCUT2D eigenvalue weighted by Crippen LogP contribution is -2.50. The third-order valence-electron chi connectivity index (χ3n) is 3.56. The number of carbonyl (C=O) groups is 1. The normalized spacial score (nSPS) is 23.3. The van der Waals surface area contributed by atoms with Crippen LogP contribution in [-0.4, -0.2) is 34.5 Å². The maximum atomic E-state index is 12.1. The molecule has 0 aromatic carbocycles. The minimum absolute atomic E-state index is 0.142. The van der Waals surface area contributed by atoms with Gasteiger partial charge in [0.05, 0.1) is 0 Å². The van der Waals surface area contributed by atoms with E-state index in [9.17, 15) is 9.90 Å².